The molecule has 100 valence electrons. The molecule has 3 heteroatoms. The third-order valence-corrected chi connectivity index (χ3v) is 3.76. The van der Waals surface area contributed by atoms with Crippen molar-refractivity contribution in [2.75, 3.05) is 13.2 Å². The van der Waals surface area contributed by atoms with Gasteiger partial charge in [-0.05, 0) is 18.9 Å². The Labute approximate surface area is 109 Å². The normalized spacial score (nSPS) is 17.3. The van der Waals surface area contributed by atoms with Crippen LogP contribution in [-0.2, 0) is 6.54 Å². The van der Waals surface area contributed by atoms with E-state index in [1.165, 1.54) is 12.0 Å². The number of benzene rings is 1. The first-order valence-electron chi connectivity index (χ1n) is 6.83. The first-order valence-corrected chi connectivity index (χ1v) is 6.83. The molecule has 0 fully saturated rings. The van der Waals surface area contributed by atoms with Gasteiger partial charge in [0.1, 0.15) is 13.2 Å². The SMILES string of the molecule is CCC(C)C(C)NCc1cccc2c1OCCO2. The Morgan fingerprint density at radius 1 is 1.22 bits per heavy atom. The van der Waals surface area contributed by atoms with Crippen molar-refractivity contribution >= 4 is 0 Å². The van der Waals surface area contributed by atoms with Crippen molar-refractivity contribution in [2.24, 2.45) is 5.92 Å². The lowest BCUT2D eigenvalue weighted by Gasteiger charge is -2.23. The molecule has 0 amide bonds. The van der Waals surface area contributed by atoms with Crippen LogP contribution in [-0.4, -0.2) is 19.3 Å². The zero-order valence-corrected chi connectivity index (χ0v) is 11.5. The van der Waals surface area contributed by atoms with Crippen LogP contribution in [0.3, 0.4) is 0 Å². The van der Waals surface area contributed by atoms with Gasteiger partial charge in [-0.25, -0.2) is 0 Å². The number of ether oxygens (including phenoxy) is 2. The van der Waals surface area contributed by atoms with Crippen molar-refractivity contribution in [1.82, 2.24) is 5.32 Å². The zero-order valence-electron chi connectivity index (χ0n) is 11.5. The third kappa shape index (κ3) is 2.96. The molecule has 1 N–H and O–H groups in total. The van der Waals surface area contributed by atoms with Gasteiger partial charge < -0.3 is 14.8 Å². The quantitative estimate of drug-likeness (QED) is 0.870. The lowest BCUT2D eigenvalue weighted by molar-refractivity contribution is 0.169. The molecule has 0 aromatic heterocycles. The van der Waals surface area contributed by atoms with Crippen LogP contribution < -0.4 is 14.8 Å². The van der Waals surface area contributed by atoms with Crippen LogP contribution in [0.25, 0.3) is 0 Å². The zero-order chi connectivity index (χ0) is 13.0. The molecule has 0 radical (unpaired) electrons. The number of fused-ring (bicyclic) bond motifs is 1. The average molecular weight is 249 g/mol. The lowest BCUT2D eigenvalue weighted by Crippen LogP contribution is -2.31. The van der Waals surface area contributed by atoms with Crippen LogP contribution in [0.5, 0.6) is 11.5 Å². The fraction of sp³-hybridized carbons (Fsp3) is 0.600. The third-order valence-electron chi connectivity index (χ3n) is 3.76. The Bertz CT molecular complexity index is 392. The Balaban J connectivity index is 2.01. The molecule has 1 aromatic carbocycles. The molecule has 1 aromatic rings. The summed E-state index contributed by atoms with van der Waals surface area (Å²) in [5, 5.41) is 3.56. The predicted molar refractivity (Wildman–Crippen MR) is 73.2 cm³/mol. The number of hydrogen-bond donors (Lipinski definition) is 1. The minimum absolute atomic E-state index is 0.510. The van der Waals surface area contributed by atoms with Gasteiger partial charge in [0.25, 0.3) is 0 Å². The topological polar surface area (TPSA) is 30.5 Å². The van der Waals surface area contributed by atoms with Crippen LogP contribution in [0.4, 0.5) is 0 Å². The van der Waals surface area contributed by atoms with E-state index in [1.807, 2.05) is 12.1 Å². The van der Waals surface area contributed by atoms with Gasteiger partial charge in [-0.2, -0.15) is 0 Å². The maximum absolute atomic E-state index is 5.71. The van der Waals surface area contributed by atoms with Gasteiger partial charge in [0.15, 0.2) is 11.5 Å². The first kappa shape index (κ1) is 13.2. The highest BCUT2D eigenvalue weighted by molar-refractivity contribution is 5.47. The van der Waals surface area contributed by atoms with E-state index in [1.54, 1.807) is 0 Å². The van der Waals surface area contributed by atoms with Crippen LogP contribution in [0.15, 0.2) is 18.2 Å². The molecular formula is C15H23NO2. The summed E-state index contributed by atoms with van der Waals surface area (Å²) in [6.45, 7) is 8.86. The number of hydrogen-bond acceptors (Lipinski definition) is 3. The van der Waals surface area contributed by atoms with E-state index < -0.39 is 0 Å². The van der Waals surface area contributed by atoms with Crippen molar-refractivity contribution in [3.05, 3.63) is 23.8 Å². The van der Waals surface area contributed by atoms with E-state index in [2.05, 4.69) is 32.2 Å². The standard InChI is InChI=1S/C15H23NO2/c1-4-11(2)12(3)16-10-13-6-5-7-14-15(13)18-9-8-17-14/h5-7,11-12,16H,4,8-10H2,1-3H3. The van der Waals surface area contributed by atoms with Crippen LogP contribution in [0.1, 0.15) is 32.8 Å². The summed E-state index contributed by atoms with van der Waals surface area (Å²) in [6.07, 6.45) is 1.20. The second-order valence-corrected chi connectivity index (χ2v) is 5.00. The molecule has 3 nitrogen and oxygen atoms in total. The summed E-state index contributed by atoms with van der Waals surface area (Å²) in [7, 11) is 0. The van der Waals surface area contributed by atoms with Crippen LogP contribution in [0, 0.1) is 5.92 Å². The Kier molecular flexibility index (Phi) is 4.48. The van der Waals surface area contributed by atoms with E-state index >= 15 is 0 Å². The maximum atomic E-state index is 5.71. The minimum Gasteiger partial charge on any atom is -0.486 e. The van der Waals surface area contributed by atoms with Gasteiger partial charge in [0.2, 0.25) is 0 Å². The number of para-hydroxylation sites is 1. The molecule has 1 heterocycles. The van der Waals surface area contributed by atoms with Gasteiger partial charge in [0, 0.05) is 18.2 Å². The molecule has 0 saturated heterocycles. The molecule has 0 spiro atoms. The highest BCUT2D eigenvalue weighted by Gasteiger charge is 2.16. The van der Waals surface area contributed by atoms with E-state index in [4.69, 9.17) is 9.47 Å². The maximum Gasteiger partial charge on any atom is 0.165 e. The van der Waals surface area contributed by atoms with Gasteiger partial charge >= 0.3 is 0 Å². The minimum atomic E-state index is 0.510. The largest absolute Gasteiger partial charge is 0.486 e. The molecular weight excluding hydrogens is 226 g/mol. The van der Waals surface area contributed by atoms with Gasteiger partial charge in [-0.1, -0.05) is 32.4 Å². The van der Waals surface area contributed by atoms with E-state index in [0.29, 0.717) is 25.2 Å². The molecule has 0 aliphatic carbocycles. The molecule has 2 unspecified atom stereocenters. The molecule has 18 heavy (non-hydrogen) atoms. The molecule has 1 aliphatic rings. The second kappa shape index (κ2) is 6.10. The predicted octanol–water partition coefficient (Wildman–Crippen LogP) is 2.98. The van der Waals surface area contributed by atoms with Crippen LogP contribution >= 0.6 is 0 Å². The molecule has 2 rings (SSSR count). The Morgan fingerprint density at radius 3 is 2.78 bits per heavy atom. The fourth-order valence-electron chi connectivity index (χ4n) is 2.10. The molecule has 0 bridgehead atoms. The number of nitrogens with one attached hydrogen (secondary N) is 1. The van der Waals surface area contributed by atoms with Crippen molar-refractivity contribution in [2.45, 2.75) is 39.8 Å². The summed E-state index contributed by atoms with van der Waals surface area (Å²) >= 11 is 0. The molecule has 2 atom stereocenters. The van der Waals surface area contributed by atoms with Crippen molar-refractivity contribution in [3.8, 4) is 11.5 Å². The summed E-state index contributed by atoms with van der Waals surface area (Å²) in [5.41, 5.74) is 1.18. The van der Waals surface area contributed by atoms with Crippen molar-refractivity contribution in [3.63, 3.8) is 0 Å². The van der Waals surface area contributed by atoms with E-state index in [9.17, 15) is 0 Å². The van der Waals surface area contributed by atoms with Gasteiger partial charge in [-0.15, -0.1) is 0 Å². The lowest BCUT2D eigenvalue weighted by atomic mass is 10.0. The molecule has 0 saturated carbocycles. The summed E-state index contributed by atoms with van der Waals surface area (Å²) in [6, 6.07) is 6.61. The highest BCUT2D eigenvalue weighted by atomic mass is 16.6. The monoisotopic (exact) mass is 249 g/mol. The summed E-state index contributed by atoms with van der Waals surface area (Å²) < 4.78 is 11.3. The second-order valence-electron chi connectivity index (χ2n) is 5.00. The Morgan fingerprint density at radius 2 is 2.00 bits per heavy atom. The van der Waals surface area contributed by atoms with Gasteiger partial charge in [-0.3, -0.25) is 0 Å². The van der Waals surface area contributed by atoms with Crippen molar-refractivity contribution in [1.29, 1.82) is 0 Å². The van der Waals surface area contributed by atoms with E-state index in [0.717, 1.165) is 18.0 Å². The summed E-state index contributed by atoms with van der Waals surface area (Å²) in [4.78, 5) is 0. The number of rotatable bonds is 5. The highest BCUT2D eigenvalue weighted by Crippen LogP contribution is 2.33. The Hall–Kier alpha value is -1.22. The first-order chi connectivity index (χ1) is 8.72. The van der Waals surface area contributed by atoms with Crippen molar-refractivity contribution < 1.29 is 9.47 Å². The smallest absolute Gasteiger partial charge is 0.165 e. The fourth-order valence-corrected chi connectivity index (χ4v) is 2.10. The van der Waals surface area contributed by atoms with Gasteiger partial charge in [0.05, 0.1) is 0 Å². The molecule has 1 aliphatic heterocycles. The average Bonchev–Trinajstić information content (AvgIpc) is 2.43. The van der Waals surface area contributed by atoms with Crippen LogP contribution in [0.2, 0.25) is 0 Å². The summed E-state index contributed by atoms with van der Waals surface area (Å²) in [5.74, 6) is 2.46. The van der Waals surface area contributed by atoms with E-state index in [-0.39, 0.29) is 0 Å².